The van der Waals surface area contributed by atoms with Crippen LogP contribution < -0.4 is 10.9 Å². The lowest BCUT2D eigenvalue weighted by Gasteiger charge is -2.36. The fourth-order valence-corrected chi connectivity index (χ4v) is 4.94. The molecule has 2 atom stereocenters. The minimum atomic E-state index is -0.205. The summed E-state index contributed by atoms with van der Waals surface area (Å²) >= 11 is 0. The first-order chi connectivity index (χ1) is 12.6. The van der Waals surface area contributed by atoms with Gasteiger partial charge in [-0.1, -0.05) is 18.2 Å². The zero-order valence-electron chi connectivity index (χ0n) is 15.1. The number of carbonyl (C=O) groups is 1. The molecule has 136 valence electrons. The lowest BCUT2D eigenvalue weighted by molar-refractivity contribution is 0.0880. The molecule has 1 aromatic carbocycles. The Hall–Kier alpha value is -2.14. The number of pyridine rings is 1. The number of para-hydroxylation sites is 1. The molecule has 5 rings (SSSR count). The van der Waals surface area contributed by atoms with Crippen molar-refractivity contribution in [1.82, 2.24) is 14.8 Å². The van der Waals surface area contributed by atoms with Crippen molar-refractivity contribution in [3.8, 4) is 0 Å². The number of aromatic nitrogens is 1. The topological polar surface area (TPSA) is 54.3 Å². The number of amides is 1. The SMILES string of the molecule is CN1C2CCC1CC(NC(=O)c1cc3ccccc3n(C3CC3)c1=O)C2. The maximum atomic E-state index is 13.0. The highest BCUT2D eigenvalue weighted by Crippen LogP contribution is 2.36. The Labute approximate surface area is 153 Å². The number of nitrogens with zero attached hydrogens (tertiary/aromatic N) is 2. The van der Waals surface area contributed by atoms with E-state index in [0.717, 1.165) is 36.6 Å². The summed E-state index contributed by atoms with van der Waals surface area (Å²) in [7, 11) is 2.19. The van der Waals surface area contributed by atoms with Crippen LogP contribution in [-0.2, 0) is 0 Å². The van der Waals surface area contributed by atoms with E-state index in [0.29, 0.717) is 17.6 Å². The molecule has 1 amide bonds. The third-order valence-electron chi connectivity index (χ3n) is 6.54. The second-order valence-corrected chi connectivity index (χ2v) is 8.22. The quantitative estimate of drug-likeness (QED) is 0.925. The van der Waals surface area contributed by atoms with Crippen molar-refractivity contribution < 1.29 is 4.79 Å². The first-order valence-electron chi connectivity index (χ1n) is 9.79. The molecule has 3 heterocycles. The molecule has 2 unspecified atom stereocenters. The zero-order valence-corrected chi connectivity index (χ0v) is 15.1. The molecule has 2 saturated heterocycles. The van der Waals surface area contributed by atoms with Gasteiger partial charge >= 0.3 is 0 Å². The minimum Gasteiger partial charge on any atom is -0.349 e. The molecule has 5 heteroatoms. The highest BCUT2D eigenvalue weighted by Gasteiger charge is 2.39. The highest BCUT2D eigenvalue weighted by molar-refractivity contribution is 5.97. The van der Waals surface area contributed by atoms with E-state index >= 15 is 0 Å². The molecule has 2 bridgehead atoms. The number of benzene rings is 1. The van der Waals surface area contributed by atoms with E-state index in [1.54, 1.807) is 6.07 Å². The van der Waals surface area contributed by atoms with Crippen LogP contribution in [0.1, 0.15) is 54.9 Å². The molecule has 0 spiro atoms. The predicted octanol–water partition coefficient (Wildman–Crippen LogP) is 2.69. The maximum Gasteiger partial charge on any atom is 0.264 e. The van der Waals surface area contributed by atoms with Crippen LogP contribution in [0.4, 0.5) is 0 Å². The summed E-state index contributed by atoms with van der Waals surface area (Å²) < 4.78 is 1.84. The largest absolute Gasteiger partial charge is 0.349 e. The predicted molar refractivity (Wildman–Crippen MR) is 102 cm³/mol. The van der Waals surface area contributed by atoms with Gasteiger partial charge in [0.1, 0.15) is 5.56 Å². The third-order valence-corrected chi connectivity index (χ3v) is 6.54. The van der Waals surface area contributed by atoms with Gasteiger partial charge in [-0.3, -0.25) is 9.59 Å². The number of carbonyl (C=O) groups excluding carboxylic acids is 1. The van der Waals surface area contributed by atoms with E-state index in [4.69, 9.17) is 0 Å². The Balaban J connectivity index is 1.46. The van der Waals surface area contributed by atoms with Gasteiger partial charge in [0.25, 0.3) is 11.5 Å². The van der Waals surface area contributed by atoms with Crippen molar-refractivity contribution in [3.05, 3.63) is 46.2 Å². The Morgan fingerprint density at radius 2 is 1.69 bits per heavy atom. The summed E-state index contributed by atoms with van der Waals surface area (Å²) in [6, 6.07) is 11.2. The fraction of sp³-hybridized carbons (Fsp3) is 0.524. The van der Waals surface area contributed by atoms with Crippen LogP contribution in [0.25, 0.3) is 10.9 Å². The molecule has 3 aliphatic rings. The van der Waals surface area contributed by atoms with E-state index in [1.807, 2.05) is 28.8 Å². The third kappa shape index (κ3) is 2.57. The van der Waals surface area contributed by atoms with Crippen molar-refractivity contribution in [2.45, 2.75) is 62.7 Å². The van der Waals surface area contributed by atoms with Gasteiger partial charge in [0.2, 0.25) is 0 Å². The molecular weight excluding hydrogens is 326 g/mol. The monoisotopic (exact) mass is 351 g/mol. The molecular formula is C21H25N3O2. The number of fused-ring (bicyclic) bond motifs is 3. The molecule has 5 nitrogen and oxygen atoms in total. The van der Waals surface area contributed by atoms with Gasteiger partial charge in [-0.15, -0.1) is 0 Å². The lowest BCUT2D eigenvalue weighted by Crippen LogP contribution is -2.49. The molecule has 3 fully saturated rings. The van der Waals surface area contributed by atoms with Gasteiger partial charge < -0.3 is 14.8 Å². The van der Waals surface area contributed by atoms with Crippen molar-refractivity contribution in [2.75, 3.05) is 7.05 Å². The minimum absolute atomic E-state index is 0.139. The zero-order chi connectivity index (χ0) is 17.8. The molecule has 0 radical (unpaired) electrons. The Morgan fingerprint density at radius 1 is 1.04 bits per heavy atom. The average Bonchev–Trinajstić information content (AvgIpc) is 3.43. The van der Waals surface area contributed by atoms with E-state index in [-0.39, 0.29) is 23.6 Å². The van der Waals surface area contributed by atoms with E-state index in [9.17, 15) is 9.59 Å². The molecule has 1 aliphatic carbocycles. The number of nitrogens with one attached hydrogen (secondary N) is 1. The lowest BCUT2D eigenvalue weighted by atomic mass is 9.97. The van der Waals surface area contributed by atoms with Crippen molar-refractivity contribution >= 4 is 16.8 Å². The van der Waals surface area contributed by atoms with Crippen molar-refractivity contribution in [1.29, 1.82) is 0 Å². The van der Waals surface area contributed by atoms with Crippen LogP contribution >= 0.6 is 0 Å². The Kier molecular flexibility index (Phi) is 3.67. The number of rotatable bonds is 3. The Bertz CT molecular complexity index is 916. The van der Waals surface area contributed by atoms with Crippen LogP contribution in [0.15, 0.2) is 35.1 Å². The van der Waals surface area contributed by atoms with Gasteiger partial charge in [0, 0.05) is 24.2 Å². The van der Waals surface area contributed by atoms with Gasteiger partial charge in [0.05, 0.1) is 5.52 Å². The molecule has 1 N–H and O–H groups in total. The van der Waals surface area contributed by atoms with E-state index in [2.05, 4.69) is 17.3 Å². The number of piperidine rings is 1. The second-order valence-electron chi connectivity index (χ2n) is 8.22. The summed E-state index contributed by atoms with van der Waals surface area (Å²) in [5.74, 6) is -0.205. The summed E-state index contributed by atoms with van der Waals surface area (Å²) in [5, 5.41) is 4.14. The summed E-state index contributed by atoms with van der Waals surface area (Å²) in [6.45, 7) is 0. The second kappa shape index (κ2) is 5.95. The first-order valence-corrected chi connectivity index (χ1v) is 9.79. The smallest absolute Gasteiger partial charge is 0.264 e. The highest BCUT2D eigenvalue weighted by atomic mass is 16.2. The fourth-order valence-electron chi connectivity index (χ4n) is 4.94. The normalized spacial score (nSPS) is 28.4. The van der Waals surface area contributed by atoms with Gasteiger partial charge in [-0.05, 0) is 63.1 Å². The van der Waals surface area contributed by atoms with E-state index in [1.165, 1.54) is 12.8 Å². The van der Waals surface area contributed by atoms with Gasteiger partial charge in [0.15, 0.2) is 0 Å². The Morgan fingerprint density at radius 3 is 2.38 bits per heavy atom. The molecule has 1 aromatic heterocycles. The molecule has 2 aliphatic heterocycles. The molecule has 1 saturated carbocycles. The van der Waals surface area contributed by atoms with Crippen molar-refractivity contribution in [2.24, 2.45) is 0 Å². The summed E-state index contributed by atoms with van der Waals surface area (Å²) in [4.78, 5) is 28.4. The number of hydrogen-bond acceptors (Lipinski definition) is 3. The molecule has 2 aromatic rings. The summed E-state index contributed by atoms with van der Waals surface area (Å²) in [6.07, 6.45) is 6.46. The van der Waals surface area contributed by atoms with Crippen LogP contribution in [0, 0.1) is 0 Å². The van der Waals surface area contributed by atoms with Crippen LogP contribution in [0.5, 0.6) is 0 Å². The van der Waals surface area contributed by atoms with Crippen LogP contribution in [0.3, 0.4) is 0 Å². The first kappa shape index (κ1) is 16.1. The van der Waals surface area contributed by atoms with Crippen molar-refractivity contribution in [3.63, 3.8) is 0 Å². The summed E-state index contributed by atoms with van der Waals surface area (Å²) in [5.41, 5.74) is 1.09. The van der Waals surface area contributed by atoms with Gasteiger partial charge in [-0.2, -0.15) is 0 Å². The standard InChI is InChI=1S/C21H25N3O2/c1-23-16-8-9-17(23)12-14(11-16)22-20(25)18-10-13-4-2-3-5-19(13)24(21(18)26)15-6-7-15/h2-5,10,14-17H,6-9,11-12H2,1H3,(H,22,25). The van der Waals surface area contributed by atoms with Crippen LogP contribution in [-0.4, -0.2) is 40.5 Å². The maximum absolute atomic E-state index is 13.0. The van der Waals surface area contributed by atoms with Gasteiger partial charge in [-0.25, -0.2) is 0 Å². The van der Waals surface area contributed by atoms with E-state index < -0.39 is 0 Å². The molecule has 26 heavy (non-hydrogen) atoms. The average molecular weight is 351 g/mol. The number of hydrogen-bond donors (Lipinski definition) is 1. The van der Waals surface area contributed by atoms with Crippen LogP contribution in [0.2, 0.25) is 0 Å².